The molecule has 2 amide bonds. The molecule has 1 aliphatic heterocycles. The number of hydrogen-bond donors (Lipinski definition) is 2. The van der Waals surface area contributed by atoms with Crippen LogP contribution in [0.2, 0.25) is 10.0 Å². The fourth-order valence-electron chi connectivity index (χ4n) is 4.03. The molecule has 1 saturated heterocycles. The summed E-state index contributed by atoms with van der Waals surface area (Å²) in [6.07, 6.45) is 0.159. The van der Waals surface area contributed by atoms with Crippen LogP contribution in [0, 0.1) is 19.8 Å². The van der Waals surface area contributed by atoms with E-state index in [2.05, 4.69) is 10.9 Å². The van der Waals surface area contributed by atoms with Gasteiger partial charge < -0.3 is 14.4 Å². The van der Waals surface area contributed by atoms with E-state index in [4.69, 9.17) is 32.7 Å². The summed E-state index contributed by atoms with van der Waals surface area (Å²) in [6, 6.07) is 16.5. The Morgan fingerprint density at radius 3 is 2.51 bits per heavy atom. The molecule has 0 saturated carbocycles. The fourth-order valence-corrected chi connectivity index (χ4v) is 4.35. The van der Waals surface area contributed by atoms with Gasteiger partial charge in [0, 0.05) is 24.7 Å². The Labute approximate surface area is 226 Å². The third-order valence-electron chi connectivity index (χ3n) is 6.25. The molecule has 37 heavy (non-hydrogen) atoms. The third-order valence-corrected chi connectivity index (χ3v) is 6.99. The molecule has 7 nitrogen and oxygen atoms in total. The first kappa shape index (κ1) is 26.6. The molecule has 1 atom stereocenters. The van der Waals surface area contributed by atoms with E-state index in [-0.39, 0.29) is 24.8 Å². The zero-order valence-corrected chi connectivity index (χ0v) is 22.4. The molecule has 1 aliphatic rings. The summed E-state index contributed by atoms with van der Waals surface area (Å²) in [5, 5.41) is 0.946. The highest BCUT2D eigenvalue weighted by molar-refractivity contribution is 6.42. The second-order valence-corrected chi connectivity index (χ2v) is 9.73. The van der Waals surface area contributed by atoms with E-state index in [1.165, 1.54) is 0 Å². The van der Waals surface area contributed by atoms with E-state index in [9.17, 15) is 9.59 Å². The van der Waals surface area contributed by atoms with Crippen molar-refractivity contribution < 1.29 is 19.1 Å². The van der Waals surface area contributed by atoms with Crippen molar-refractivity contribution in [1.82, 2.24) is 5.43 Å². The molecule has 0 aliphatic carbocycles. The number of halogens is 2. The van der Waals surface area contributed by atoms with Gasteiger partial charge in [-0.2, -0.15) is 0 Å². The molecule has 0 unspecified atom stereocenters. The van der Waals surface area contributed by atoms with Crippen molar-refractivity contribution in [3.63, 3.8) is 0 Å². The first-order valence-corrected chi connectivity index (χ1v) is 12.8. The largest absolute Gasteiger partial charge is 0.490 e. The fraction of sp³-hybridized carbons (Fsp3) is 0.286. The number of rotatable bonds is 9. The van der Waals surface area contributed by atoms with Gasteiger partial charge in [0.25, 0.3) is 0 Å². The predicted octanol–water partition coefficient (Wildman–Crippen LogP) is 6.08. The number of aryl methyl sites for hydroxylation is 2. The van der Waals surface area contributed by atoms with Crippen LogP contribution < -0.4 is 25.2 Å². The van der Waals surface area contributed by atoms with Crippen molar-refractivity contribution in [3.05, 3.63) is 81.3 Å². The predicted molar refractivity (Wildman–Crippen MR) is 147 cm³/mol. The molecular weight excluding hydrogens is 513 g/mol. The van der Waals surface area contributed by atoms with Crippen LogP contribution >= 0.6 is 23.2 Å². The molecule has 194 valence electrons. The lowest BCUT2D eigenvalue weighted by Gasteiger charge is -2.18. The molecule has 4 rings (SSSR count). The van der Waals surface area contributed by atoms with Gasteiger partial charge in [-0.25, -0.2) is 0 Å². The molecule has 3 aromatic carbocycles. The lowest BCUT2D eigenvalue weighted by atomic mass is 10.1. The number of carbonyl (C=O) groups is 2. The molecule has 1 heterocycles. The van der Waals surface area contributed by atoms with Crippen LogP contribution in [-0.2, 0) is 16.2 Å². The second-order valence-electron chi connectivity index (χ2n) is 8.92. The number of ether oxygens (including phenoxy) is 2. The van der Waals surface area contributed by atoms with Crippen LogP contribution in [0.3, 0.4) is 0 Å². The van der Waals surface area contributed by atoms with Gasteiger partial charge in [0.05, 0.1) is 28.3 Å². The lowest BCUT2D eigenvalue weighted by Crippen LogP contribution is -2.36. The van der Waals surface area contributed by atoms with E-state index in [0.29, 0.717) is 40.4 Å². The van der Waals surface area contributed by atoms with Crippen LogP contribution in [-0.4, -0.2) is 25.0 Å². The summed E-state index contributed by atoms with van der Waals surface area (Å²) in [7, 11) is 0. The number of hydrazine groups is 1. The van der Waals surface area contributed by atoms with Gasteiger partial charge in [0.1, 0.15) is 6.61 Å². The van der Waals surface area contributed by atoms with Crippen LogP contribution in [0.15, 0.2) is 54.6 Å². The standard InChI is InChI=1S/C28H29Cl2N3O4/c1-4-36-26-14-21(7-10-25(26)37-16-19-6-9-23(29)24(30)12-19)31-32-28(35)20-13-27(34)33(15-20)22-8-5-17(2)18(3)11-22/h5-12,14,20,31H,4,13,15-16H2,1-3H3,(H,32,35)/t20-/m0/s1. The Hall–Kier alpha value is -3.42. The average Bonchev–Trinajstić information content (AvgIpc) is 3.27. The average molecular weight is 542 g/mol. The number of nitrogens with zero attached hydrogens (tertiary/aromatic N) is 1. The van der Waals surface area contributed by atoms with Crippen LogP contribution in [0.5, 0.6) is 11.5 Å². The number of carbonyl (C=O) groups excluding carboxylic acids is 2. The number of nitrogens with one attached hydrogen (secondary N) is 2. The minimum atomic E-state index is -0.457. The van der Waals surface area contributed by atoms with E-state index in [0.717, 1.165) is 22.4 Å². The topological polar surface area (TPSA) is 79.9 Å². The van der Waals surface area contributed by atoms with Crippen LogP contribution in [0.4, 0.5) is 11.4 Å². The monoisotopic (exact) mass is 541 g/mol. The molecule has 9 heteroatoms. The van der Waals surface area contributed by atoms with Gasteiger partial charge >= 0.3 is 0 Å². The zero-order valence-electron chi connectivity index (χ0n) is 20.9. The smallest absolute Gasteiger partial charge is 0.243 e. The normalized spacial score (nSPS) is 15.0. The van der Waals surface area contributed by atoms with Gasteiger partial charge in [0.15, 0.2) is 11.5 Å². The van der Waals surface area contributed by atoms with Gasteiger partial charge in [-0.3, -0.25) is 20.4 Å². The van der Waals surface area contributed by atoms with Crippen molar-refractivity contribution in [2.75, 3.05) is 23.5 Å². The quantitative estimate of drug-likeness (QED) is 0.320. The number of hydrogen-bond acceptors (Lipinski definition) is 5. The minimum absolute atomic E-state index is 0.0643. The molecular formula is C28H29Cl2N3O4. The second kappa shape index (κ2) is 11.8. The Morgan fingerprint density at radius 2 is 1.78 bits per heavy atom. The molecule has 1 fully saturated rings. The molecule has 2 N–H and O–H groups in total. The summed E-state index contributed by atoms with van der Waals surface area (Å²) in [5.41, 5.74) is 10.2. The van der Waals surface area contributed by atoms with Gasteiger partial charge in [-0.05, 0) is 73.9 Å². The van der Waals surface area contributed by atoms with Crippen molar-refractivity contribution in [1.29, 1.82) is 0 Å². The first-order valence-electron chi connectivity index (χ1n) is 12.0. The van der Waals surface area contributed by atoms with Crippen molar-refractivity contribution in [2.45, 2.75) is 33.8 Å². The SMILES string of the molecule is CCOc1cc(NNC(=O)[C@H]2CC(=O)N(c3ccc(C)c(C)c3)C2)ccc1OCc1ccc(Cl)c(Cl)c1. The molecule has 3 aromatic rings. The maximum atomic E-state index is 12.8. The van der Waals surface area contributed by atoms with E-state index in [1.54, 1.807) is 35.2 Å². The highest BCUT2D eigenvalue weighted by Crippen LogP contribution is 2.32. The molecule has 0 aromatic heterocycles. The Bertz CT molecular complexity index is 1310. The molecule has 0 bridgehead atoms. The number of benzene rings is 3. The molecule has 0 radical (unpaired) electrons. The molecule has 0 spiro atoms. The van der Waals surface area contributed by atoms with Gasteiger partial charge in [-0.1, -0.05) is 35.3 Å². The summed E-state index contributed by atoms with van der Waals surface area (Å²) in [5.74, 6) is 0.305. The lowest BCUT2D eigenvalue weighted by molar-refractivity contribution is -0.125. The summed E-state index contributed by atoms with van der Waals surface area (Å²) < 4.78 is 11.7. The summed E-state index contributed by atoms with van der Waals surface area (Å²) in [4.78, 5) is 27.1. The van der Waals surface area contributed by atoms with Crippen LogP contribution in [0.25, 0.3) is 0 Å². The number of anilines is 2. The van der Waals surface area contributed by atoms with E-state index < -0.39 is 5.92 Å². The van der Waals surface area contributed by atoms with Gasteiger partial charge in [0.2, 0.25) is 11.8 Å². The highest BCUT2D eigenvalue weighted by atomic mass is 35.5. The Balaban J connectivity index is 1.36. The van der Waals surface area contributed by atoms with Crippen LogP contribution in [0.1, 0.15) is 30.0 Å². The summed E-state index contributed by atoms with van der Waals surface area (Å²) in [6.45, 7) is 6.97. The Kier molecular flexibility index (Phi) is 8.46. The van der Waals surface area contributed by atoms with E-state index >= 15 is 0 Å². The third kappa shape index (κ3) is 6.48. The maximum absolute atomic E-state index is 12.8. The van der Waals surface area contributed by atoms with Crippen molar-refractivity contribution >= 4 is 46.4 Å². The summed E-state index contributed by atoms with van der Waals surface area (Å²) >= 11 is 12.1. The van der Waals surface area contributed by atoms with Crippen molar-refractivity contribution in [2.24, 2.45) is 5.92 Å². The first-order chi connectivity index (χ1) is 17.7. The highest BCUT2D eigenvalue weighted by Gasteiger charge is 2.35. The maximum Gasteiger partial charge on any atom is 0.243 e. The zero-order chi connectivity index (χ0) is 26.5. The van der Waals surface area contributed by atoms with Gasteiger partial charge in [-0.15, -0.1) is 0 Å². The Morgan fingerprint density at radius 1 is 0.973 bits per heavy atom. The number of amides is 2. The minimum Gasteiger partial charge on any atom is -0.490 e. The van der Waals surface area contributed by atoms with E-state index in [1.807, 2.05) is 45.0 Å². The van der Waals surface area contributed by atoms with Crippen molar-refractivity contribution in [3.8, 4) is 11.5 Å².